The molecule has 0 aliphatic heterocycles. The monoisotopic (exact) mass is 114 g/mol. The molecule has 0 unspecified atom stereocenters. The van der Waals surface area contributed by atoms with E-state index in [9.17, 15) is 0 Å². The van der Waals surface area contributed by atoms with E-state index in [2.05, 4.69) is 38.3 Å². The van der Waals surface area contributed by atoms with Crippen LogP contribution in [0.1, 0.15) is 6.92 Å². The zero-order chi connectivity index (χ0) is 5.91. The third kappa shape index (κ3) is 5.96. The highest BCUT2D eigenvalue weighted by Crippen LogP contribution is 2.00. The lowest BCUT2D eigenvalue weighted by molar-refractivity contribution is 1.70. The van der Waals surface area contributed by atoms with E-state index in [1.807, 2.05) is 0 Å². The summed E-state index contributed by atoms with van der Waals surface area (Å²) in [4.78, 5) is 0. The second kappa shape index (κ2) is 2.31. The van der Waals surface area contributed by atoms with E-state index in [1.54, 1.807) is 0 Å². The summed E-state index contributed by atoms with van der Waals surface area (Å²) >= 11 is 0. The summed E-state index contributed by atoms with van der Waals surface area (Å²) < 4.78 is 0. The lowest BCUT2D eigenvalue weighted by atomic mass is 10.8. The van der Waals surface area contributed by atoms with Gasteiger partial charge in [-0.05, 0) is 6.92 Å². The summed E-state index contributed by atoms with van der Waals surface area (Å²) in [5, 5.41) is 0. The van der Waals surface area contributed by atoms with Crippen molar-refractivity contribution in [3.63, 3.8) is 0 Å². The van der Waals surface area contributed by atoms with Crippen molar-refractivity contribution in [2.45, 2.75) is 26.6 Å². The summed E-state index contributed by atoms with van der Waals surface area (Å²) in [5.74, 6) is 0. The predicted octanol–water partition coefficient (Wildman–Crippen LogP) is 2.44. The SMILES string of the molecule is CC=C[Si](C)(C)C. The molecule has 0 atom stereocenters. The van der Waals surface area contributed by atoms with E-state index in [1.165, 1.54) is 0 Å². The maximum atomic E-state index is 2.33. The van der Waals surface area contributed by atoms with Crippen LogP contribution in [-0.4, -0.2) is 8.07 Å². The first-order chi connectivity index (χ1) is 3.06. The maximum absolute atomic E-state index is 2.33. The van der Waals surface area contributed by atoms with E-state index in [0.717, 1.165) is 0 Å². The Bertz CT molecular complexity index is 66.7. The van der Waals surface area contributed by atoms with Gasteiger partial charge in [0.1, 0.15) is 0 Å². The molecule has 0 aliphatic carbocycles. The van der Waals surface area contributed by atoms with E-state index in [-0.39, 0.29) is 0 Å². The van der Waals surface area contributed by atoms with Gasteiger partial charge in [0.2, 0.25) is 0 Å². The Morgan fingerprint density at radius 3 is 1.57 bits per heavy atom. The van der Waals surface area contributed by atoms with Crippen molar-refractivity contribution in [3.05, 3.63) is 11.8 Å². The van der Waals surface area contributed by atoms with E-state index in [0.29, 0.717) is 0 Å². The topological polar surface area (TPSA) is 0 Å². The summed E-state index contributed by atoms with van der Waals surface area (Å²) in [5.41, 5.74) is 2.33. The molecule has 0 bridgehead atoms. The summed E-state index contributed by atoms with van der Waals surface area (Å²) in [6, 6.07) is 0. The van der Waals surface area contributed by atoms with Crippen molar-refractivity contribution in [2.24, 2.45) is 0 Å². The number of allylic oxidation sites excluding steroid dienone is 1. The van der Waals surface area contributed by atoms with Crippen molar-refractivity contribution in [2.75, 3.05) is 0 Å². The summed E-state index contributed by atoms with van der Waals surface area (Å²) in [7, 11) is -0.838. The molecule has 0 aromatic heterocycles. The Labute approximate surface area is 47.3 Å². The van der Waals surface area contributed by atoms with Crippen LogP contribution in [0.3, 0.4) is 0 Å². The summed E-state index contributed by atoms with van der Waals surface area (Å²) in [6.45, 7) is 9.06. The standard InChI is InChI=1S/C6H14Si/c1-5-6-7(2,3)4/h5-6H,1-4H3. The molecule has 0 N–H and O–H groups in total. The van der Waals surface area contributed by atoms with Crippen molar-refractivity contribution in [3.8, 4) is 0 Å². The van der Waals surface area contributed by atoms with Crippen LogP contribution in [-0.2, 0) is 0 Å². The normalized spacial score (nSPS) is 13.1. The molecule has 0 spiro atoms. The van der Waals surface area contributed by atoms with Gasteiger partial charge >= 0.3 is 0 Å². The van der Waals surface area contributed by atoms with Crippen LogP contribution in [0.15, 0.2) is 11.8 Å². The van der Waals surface area contributed by atoms with Crippen molar-refractivity contribution >= 4 is 8.07 Å². The highest BCUT2D eigenvalue weighted by Gasteiger charge is 2.04. The largest absolute Gasteiger partial charge is 0.0992 e. The fourth-order valence-corrected chi connectivity index (χ4v) is 1.50. The van der Waals surface area contributed by atoms with Gasteiger partial charge in [-0.1, -0.05) is 31.4 Å². The van der Waals surface area contributed by atoms with Crippen LogP contribution in [0, 0.1) is 0 Å². The van der Waals surface area contributed by atoms with Gasteiger partial charge in [0.25, 0.3) is 0 Å². The molecule has 0 radical (unpaired) electrons. The van der Waals surface area contributed by atoms with Crippen LogP contribution >= 0.6 is 0 Å². The first kappa shape index (κ1) is 6.96. The van der Waals surface area contributed by atoms with E-state index < -0.39 is 8.07 Å². The molecule has 0 aliphatic rings. The Balaban J connectivity index is 3.56. The van der Waals surface area contributed by atoms with Gasteiger partial charge in [-0.25, -0.2) is 0 Å². The number of rotatable bonds is 1. The Morgan fingerprint density at radius 1 is 1.14 bits per heavy atom. The zero-order valence-corrected chi connectivity index (χ0v) is 6.65. The number of hydrogen-bond acceptors (Lipinski definition) is 0. The van der Waals surface area contributed by atoms with Gasteiger partial charge in [0.15, 0.2) is 0 Å². The van der Waals surface area contributed by atoms with Crippen LogP contribution in [0.2, 0.25) is 19.6 Å². The minimum absolute atomic E-state index is 0.838. The van der Waals surface area contributed by atoms with Crippen LogP contribution in [0.25, 0.3) is 0 Å². The molecule has 0 nitrogen and oxygen atoms in total. The third-order valence-electron chi connectivity index (χ3n) is 0.667. The molecule has 7 heavy (non-hydrogen) atoms. The minimum atomic E-state index is -0.838. The molecule has 0 heterocycles. The molecule has 0 fully saturated rings. The lowest BCUT2D eigenvalue weighted by Gasteiger charge is -2.06. The Morgan fingerprint density at radius 2 is 1.57 bits per heavy atom. The minimum Gasteiger partial charge on any atom is -0.0992 e. The molecule has 1 heteroatoms. The predicted molar refractivity (Wildman–Crippen MR) is 38.2 cm³/mol. The highest BCUT2D eigenvalue weighted by molar-refractivity contribution is 6.80. The quantitative estimate of drug-likeness (QED) is 0.459. The van der Waals surface area contributed by atoms with Gasteiger partial charge < -0.3 is 0 Å². The molecule has 42 valence electrons. The zero-order valence-electron chi connectivity index (χ0n) is 5.65. The lowest BCUT2D eigenvalue weighted by Crippen LogP contribution is -2.14. The fourth-order valence-electron chi connectivity index (χ4n) is 0.500. The Kier molecular flexibility index (Phi) is 2.30. The first-order valence-corrected chi connectivity index (χ1v) is 6.28. The van der Waals surface area contributed by atoms with Crippen molar-refractivity contribution in [1.82, 2.24) is 0 Å². The molecule has 0 saturated heterocycles. The highest BCUT2D eigenvalue weighted by atomic mass is 28.3. The van der Waals surface area contributed by atoms with Gasteiger partial charge in [-0.3, -0.25) is 0 Å². The molecule has 0 aromatic carbocycles. The molecule has 0 saturated carbocycles. The number of hydrogen-bond donors (Lipinski definition) is 0. The second-order valence-electron chi connectivity index (χ2n) is 2.87. The van der Waals surface area contributed by atoms with Crippen LogP contribution in [0.5, 0.6) is 0 Å². The summed E-state index contributed by atoms with van der Waals surface area (Å²) in [6.07, 6.45) is 2.15. The van der Waals surface area contributed by atoms with E-state index in [4.69, 9.17) is 0 Å². The molecule has 0 amide bonds. The molecule has 0 rings (SSSR count). The second-order valence-corrected chi connectivity index (χ2v) is 7.93. The average Bonchev–Trinajstić information content (AvgIpc) is 1.30. The van der Waals surface area contributed by atoms with Crippen LogP contribution in [0.4, 0.5) is 0 Å². The van der Waals surface area contributed by atoms with Gasteiger partial charge in [-0.15, -0.1) is 0 Å². The van der Waals surface area contributed by atoms with Gasteiger partial charge in [0, 0.05) is 0 Å². The van der Waals surface area contributed by atoms with Crippen molar-refractivity contribution < 1.29 is 0 Å². The van der Waals surface area contributed by atoms with Crippen LogP contribution < -0.4 is 0 Å². The molecular weight excluding hydrogens is 100 g/mol. The van der Waals surface area contributed by atoms with Gasteiger partial charge in [0.05, 0.1) is 8.07 Å². The van der Waals surface area contributed by atoms with E-state index >= 15 is 0 Å². The smallest absolute Gasteiger partial charge is 0.0682 e. The van der Waals surface area contributed by atoms with Crippen molar-refractivity contribution in [1.29, 1.82) is 0 Å². The van der Waals surface area contributed by atoms with Gasteiger partial charge in [-0.2, -0.15) is 0 Å². The average molecular weight is 114 g/mol. The third-order valence-corrected chi connectivity index (χ3v) is 2.00. The Hall–Kier alpha value is -0.0431. The maximum Gasteiger partial charge on any atom is 0.0682 e. The molecule has 0 aromatic rings. The first-order valence-electron chi connectivity index (χ1n) is 2.70. The fraction of sp³-hybridized carbons (Fsp3) is 0.667. The molecular formula is C6H14Si.